The molecule has 0 aliphatic rings. The van der Waals surface area contributed by atoms with Crippen LogP contribution in [-0.4, -0.2) is 24.0 Å². The summed E-state index contributed by atoms with van der Waals surface area (Å²) in [4.78, 5) is 15.9. The van der Waals surface area contributed by atoms with E-state index < -0.39 is 0 Å². The van der Waals surface area contributed by atoms with Gasteiger partial charge in [0, 0.05) is 23.5 Å². The van der Waals surface area contributed by atoms with E-state index in [0.29, 0.717) is 18.1 Å². The monoisotopic (exact) mass is 263 g/mol. The second kappa shape index (κ2) is 5.80. The minimum absolute atomic E-state index is 0.0683. The molecule has 0 bridgehead atoms. The number of nitrogens with one attached hydrogen (secondary N) is 1. The zero-order chi connectivity index (χ0) is 13.0. The summed E-state index contributed by atoms with van der Waals surface area (Å²) in [6.45, 7) is 0.928. The fourth-order valence-corrected chi connectivity index (χ4v) is 1.86. The Balaban J connectivity index is 2.15. The molecule has 1 heterocycles. The van der Waals surface area contributed by atoms with E-state index in [1.54, 1.807) is 6.07 Å². The molecule has 0 saturated heterocycles. The molecule has 0 fully saturated rings. The summed E-state index contributed by atoms with van der Waals surface area (Å²) in [6.07, 6.45) is 0.262. The summed E-state index contributed by atoms with van der Waals surface area (Å²) in [6, 6.07) is 9.23. The number of fused-ring (bicyclic) bond motifs is 1. The summed E-state index contributed by atoms with van der Waals surface area (Å²) in [7, 11) is 0. The van der Waals surface area contributed by atoms with Crippen LogP contribution in [-0.2, 0) is 11.2 Å². The number of benzene rings is 1. The molecule has 1 amide bonds. The molecule has 0 unspecified atom stereocenters. The van der Waals surface area contributed by atoms with Crippen LogP contribution in [0.4, 0.5) is 0 Å². The average Bonchev–Trinajstić information content (AvgIpc) is 2.36. The van der Waals surface area contributed by atoms with E-state index in [1.807, 2.05) is 24.3 Å². The maximum absolute atomic E-state index is 11.5. The van der Waals surface area contributed by atoms with Crippen LogP contribution in [0.5, 0.6) is 0 Å². The molecule has 4 nitrogen and oxygen atoms in total. The summed E-state index contributed by atoms with van der Waals surface area (Å²) >= 11 is 5.90. The van der Waals surface area contributed by atoms with Crippen molar-refractivity contribution < 1.29 is 4.79 Å². The Bertz CT molecular complexity index is 571. The van der Waals surface area contributed by atoms with Gasteiger partial charge in [-0.25, -0.2) is 0 Å². The van der Waals surface area contributed by atoms with Crippen molar-refractivity contribution in [3.05, 3.63) is 41.0 Å². The number of halogens is 1. The van der Waals surface area contributed by atoms with Crippen molar-refractivity contribution in [3.8, 4) is 0 Å². The van der Waals surface area contributed by atoms with Gasteiger partial charge in [0.15, 0.2) is 0 Å². The standard InChI is InChI=1S/C13H14ClN3O/c14-10-2-4-12-9(7-10)1-3-11(17-12)8-13(18)16-6-5-15/h1-4,7H,5-6,8,15H2,(H,16,18). The molecule has 5 heteroatoms. The minimum atomic E-state index is -0.0683. The van der Waals surface area contributed by atoms with E-state index in [-0.39, 0.29) is 12.3 Å². The molecule has 94 valence electrons. The van der Waals surface area contributed by atoms with Crippen LogP contribution in [0.1, 0.15) is 5.69 Å². The van der Waals surface area contributed by atoms with Crippen molar-refractivity contribution in [1.82, 2.24) is 10.3 Å². The molecule has 18 heavy (non-hydrogen) atoms. The van der Waals surface area contributed by atoms with Gasteiger partial charge in [0.25, 0.3) is 0 Å². The predicted molar refractivity (Wildman–Crippen MR) is 72.5 cm³/mol. The smallest absolute Gasteiger partial charge is 0.226 e. The number of hydrogen-bond acceptors (Lipinski definition) is 3. The fourth-order valence-electron chi connectivity index (χ4n) is 1.68. The number of hydrogen-bond donors (Lipinski definition) is 2. The molecule has 3 N–H and O–H groups in total. The van der Waals surface area contributed by atoms with Crippen LogP contribution in [0.2, 0.25) is 5.02 Å². The van der Waals surface area contributed by atoms with Gasteiger partial charge in [-0.05, 0) is 24.3 Å². The Morgan fingerprint density at radius 3 is 2.94 bits per heavy atom. The lowest BCUT2D eigenvalue weighted by Gasteiger charge is -2.04. The number of pyridine rings is 1. The van der Waals surface area contributed by atoms with Crippen LogP contribution in [0, 0.1) is 0 Å². The highest BCUT2D eigenvalue weighted by molar-refractivity contribution is 6.31. The number of nitrogens with two attached hydrogens (primary N) is 1. The van der Waals surface area contributed by atoms with Gasteiger partial charge in [-0.15, -0.1) is 0 Å². The number of aromatic nitrogens is 1. The third-order valence-electron chi connectivity index (χ3n) is 2.52. The first kappa shape index (κ1) is 12.8. The highest BCUT2D eigenvalue weighted by Gasteiger charge is 2.05. The Kier molecular flexibility index (Phi) is 4.12. The van der Waals surface area contributed by atoms with E-state index in [4.69, 9.17) is 17.3 Å². The maximum atomic E-state index is 11.5. The van der Waals surface area contributed by atoms with E-state index in [9.17, 15) is 4.79 Å². The van der Waals surface area contributed by atoms with Crippen LogP contribution >= 0.6 is 11.6 Å². The van der Waals surface area contributed by atoms with Crippen LogP contribution < -0.4 is 11.1 Å². The Hall–Kier alpha value is -1.65. The first-order valence-electron chi connectivity index (χ1n) is 5.71. The zero-order valence-corrected chi connectivity index (χ0v) is 10.6. The Morgan fingerprint density at radius 1 is 1.33 bits per heavy atom. The molecule has 2 rings (SSSR count). The summed E-state index contributed by atoms with van der Waals surface area (Å²) in [5.74, 6) is -0.0683. The first-order valence-corrected chi connectivity index (χ1v) is 6.09. The second-order valence-electron chi connectivity index (χ2n) is 3.96. The number of nitrogens with zero attached hydrogens (tertiary/aromatic N) is 1. The number of rotatable bonds is 4. The highest BCUT2D eigenvalue weighted by atomic mass is 35.5. The van der Waals surface area contributed by atoms with Crippen LogP contribution in [0.25, 0.3) is 10.9 Å². The van der Waals surface area contributed by atoms with Crippen molar-refractivity contribution in [2.45, 2.75) is 6.42 Å². The molecular formula is C13H14ClN3O. The lowest BCUT2D eigenvalue weighted by atomic mass is 10.2. The van der Waals surface area contributed by atoms with E-state index >= 15 is 0 Å². The quantitative estimate of drug-likeness (QED) is 0.879. The van der Waals surface area contributed by atoms with Gasteiger partial charge >= 0.3 is 0 Å². The lowest BCUT2D eigenvalue weighted by Crippen LogP contribution is -2.30. The molecule has 0 aliphatic carbocycles. The third-order valence-corrected chi connectivity index (χ3v) is 2.75. The fraction of sp³-hybridized carbons (Fsp3) is 0.231. The molecule has 0 aliphatic heterocycles. The molecule has 0 radical (unpaired) electrons. The topological polar surface area (TPSA) is 68.0 Å². The number of carbonyl (C=O) groups is 1. The predicted octanol–water partition coefficient (Wildman–Crippen LogP) is 1.51. The Labute approximate surface area is 110 Å². The van der Waals surface area contributed by atoms with Gasteiger partial charge in [0.2, 0.25) is 5.91 Å². The van der Waals surface area contributed by atoms with E-state index in [2.05, 4.69) is 10.3 Å². The summed E-state index contributed by atoms with van der Waals surface area (Å²) in [5.41, 5.74) is 6.89. The van der Waals surface area contributed by atoms with E-state index in [0.717, 1.165) is 16.6 Å². The maximum Gasteiger partial charge on any atom is 0.226 e. The van der Waals surface area contributed by atoms with Gasteiger partial charge < -0.3 is 11.1 Å². The van der Waals surface area contributed by atoms with Gasteiger partial charge in [0.1, 0.15) is 0 Å². The third kappa shape index (κ3) is 3.18. The van der Waals surface area contributed by atoms with Crippen molar-refractivity contribution in [2.75, 3.05) is 13.1 Å². The molecular weight excluding hydrogens is 250 g/mol. The van der Waals surface area contributed by atoms with Gasteiger partial charge in [-0.1, -0.05) is 17.7 Å². The highest BCUT2D eigenvalue weighted by Crippen LogP contribution is 2.18. The molecule has 1 aromatic carbocycles. The summed E-state index contributed by atoms with van der Waals surface area (Å²) < 4.78 is 0. The normalized spacial score (nSPS) is 10.6. The SMILES string of the molecule is NCCNC(=O)Cc1ccc2cc(Cl)ccc2n1. The van der Waals surface area contributed by atoms with Crippen molar-refractivity contribution in [2.24, 2.45) is 5.73 Å². The first-order chi connectivity index (χ1) is 8.69. The van der Waals surface area contributed by atoms with Gasteiger partial charge in [0.05, 0.1) is 17.6 Å². The molecule has 0 saturated carbocycles. The minimum Gasteiger partial charge on any atom is -0.354 e. The molecule has 2 aromatic rings. The van der Waals surface area contributed by atoms with Gasteiger partial charge in [-0.3, -0.25) is 9.78 Å². The zero-order valence-electron chi connectivity index (χ0n) is 9.82. The van der Waals surface area contributed by atoms with Gasteiger partial charge in [-0.2, -0.15) is 0 Å². The van der Waals surface area contributed by atoms with Crippen LogP contribution in [0.15, 0.2) is 30.3 Å². The van der Waals surface area contributed by atoms with Crippen molar-refractivity contribution >= 4 is 28.4 Å². The second-order valence-corrected chi connectivity index (χ2v) is 4.39. The van der Waals surface area contributed by atoms with Crippen molar-refractivity contribution in [3.63, 3.8) is 0 Å². The van der Waals surface area contributed by atoms with Crippen LogP contribution in [0.3, 0.4) is 0 Å². The lowest BCUT2D eigenvalue weighted by molar-refractivity contribution is -0.120. The summed E-state index contributed by atoms with van der Waals surface area (Å²) in [5, 5.41) is 4.36. The van der Waals surface area contributed by atoms with E-state index in [1.165, 1.54) is 0 Å². The Morgan fingerprint density at radius 2 is 2.17 bits per heavy atom. The molecule has 1 aromatic heterocycles. The number of carbonyl (C=O) groups excluding carboxylic acids is 1. The molecule has 0 spiro atoms. The molecule has 0 atom stereocenters. The number of amides is 1. The average molecular weight is 264 g/mol. The van der Waals surface area contributed by atoms with Crippen molar-refractivity contribution in [1.29, 1.82) is 0 Å². The largest absolute Gasteiger partial charge is 0.354 e.